The van der Waals surface area contributed by atoms with E-state index in [0.29, 0.717) is 0 Å². The number of aromatic nitrogens is 2. The maximum Gasteiger partial charge on any atom is 0.154 e. The zero-order chi connectivity index (χ0) is 16.9. The second-order valence-electron chi connectivity index (χ2n) is 5.86. The highest BCUT2D eigenvalue weighted by atomic mass is 16.5. The molecular formula is C19H23N3O2. The average molecular weight is 325 g/mol. The van der Waals surface area contributed by atoms with E-state index in [1.807, 2.05) is 37.3 Å². The highest BCUT2D eigenvalue weighted by molar-refractivity contribution is 5.71. The van der Waals surface area contributed by atoms with Gasteiger partial charge in [0.2, 0.25) is 0 Å². The van der Waals surface area contributed by atoms with Crippen molar-refractivity contribution in [3.63, 3.8) is 0 Å². The quantitative estimate of drug-likeness (QED) is 0.841. The molecule has 0 saturated carbocycles. The van der Waals surface area contributed by atoms with Gasteiger partial charge in [-0.3, -0.25) is 0 Å². The second kappa shape index (κ2) is 7.34. The number of benzene rings is 1. The van der Waals surface area contributed by atoms with Crippen LogP contribution in [-0.2, 0) is 0 Å². The molecule has 1 aliphatic rings. The van der Waals surface area contributed by atoms with Crippen molar-refractivity contribution in [3.05, 3.63) is 41.3 Å². The predicted molar refractivity (Wildman–Crippen MR) is 96.7 cm³/mol. The summed E-state index contributed by atoms with van der Waals surface area (Å²) in [6.07, 6.45) is 6.37. The van der Waals surface area contributed by atoms with E-state index in [1.165, 1.54) is 12.8 Å². The van der Waals surface area contributed by atoms with Gasteiger partial charge in [0.1, 0.15) is 17.3 Å². The molecule has 0 bridgehead atoms. The minimum atomic E-state index is 0.717. The van der Waals surface area contributed by atoms with Gasteiger partial charge in [-0.15, -0.1) is 0 Å². The summed E-state index contributed by atoms with van der Waals surface area (Å²) in [5, 5.41) is 0. The van der Waals surface area contributed by atoms with Crippen molar-refractivity contribution in [1.82, 2.24) is 9.97 Å². The SMILES string of the molecule is COc1ccc(C=Cc2nc(C)cc(N3CCCC3)n2)c(OC)c1. The molecule has 1 aliphatic heterocycles. The number of aryl methyl sites for hydroxylation is 1. The molecule has 2 aromatic rings. The number of anilines is 1. The van der Waals surface area contributed by atoms with Crippen molar-refractivity contribution in [1.29, 1.82) is 0 Å². The van der Waals surface area contributed by atoms with Gasteiger partial charge >= 0.3 is 0 Å². The molecule has 0 amide bonds. The molecule has 1 fully saturated rings. The van der Waals surface area contributed by atoms with Crippen LogP contribution in [0.15, 0.2) is 24.3 Å². The molecule has 0 aliphatic carbocycles. The van der Waals surface area contributed by atoms with Crippen molar-refractivity contribution in [2.75, 3.05) is 32.2 Å². The van der Waals surface area contributed by atoms with Gasteiger partial charge in [0.25, 0.3) is 0 Å². The molecule has 5 heteroatoms. The Morgan fingerprint density at radius 2 is 1.79 bits per heavy atom. The van der Waals surface area contributed by atoms with Crippen molar-refractivity contribution in [2.24, 2.45) is 0 Å². The molecule has 5 nitrogen and oxygen atoms in total. The maximum absolute atomic E-state index is 5.42. The zero-order valence-corrected chi connectivity index (χ0v) is 14.5. The number of nitrogens with zero attached hydrogens (tertiary/aromatic N) is 3. The summed E-state index contributed by atoms with van der Waals surface area (Å²) in [6.45, 7) is 4.16. The fourth-order valence-corrected chi connectivity index (χ4v) is 2.88. The monoisotopic (exact) mass is 325 g/mol. The predicted octanol–water partition coefficient (Wildman–Crippen LogP) is 3.57. The Morgan fingerprint density at radius 1 is 1.00 bits per heavy atom. The lowest BCUT2D eigenvalue weighted by Gasteiger charge is -2.16. The third kappa shape index (κ3) is 3.67. The van der Waals surface area contributed by atoms with E-state index in [-0.39, 0.29) is 0 Å². The van der Waals surface area contributed by atoms with Crippen molar-refractivity contribution >= 4 is 18.0 Å². The van der Waals surface area contributed by atoms with Gasteiger partial charge in [-0.2, -0.15) is 0 Å². The summed E-state index contributed by atoms with van der Waals surface area (Å²) in [7, 11) is 3.30. The minimum Gasteiger partial charge on any atom is -0.497 e. The molecule has 0 N–H and O–H groups in total. The molecule has 0 atom stereocenters. The van der Waals surface area contributed by atoms with Gasteiger partial charge in [0.05, 0.1) is 14.2 Å². The third-order valence-electron chi connectivity index (χ3n) is 4.14. The van der Waals surface area contributed by atoms with E-state index < -0.39 is 0 Å². The van der Waals surface area contributed by atoms with Gasteiger partial charge in [-0.05, 0) is 44.1 Å². The fourth-order valence-electron chi connectivity index (χ4n) is 2.88. The second-order valence-corrected chi connectivity index (χ2v) is 5.86. The molecular weight excluding hydrogens is 302 g/mol. The molecule has 0 spiro atoms. The lowest BCUT2D eigenvalue weighted by molar-refractivity contribution is 0.394. The maximum atomic E-state index is 5.42. The Bertz CT molecular complexity index is 737. The largest absolute Gasteiger partial charge is 0.497 e. The first-order valence-electron chi connectivity index (χ1n) is 8.20. The number of methoxy groups -OCH3 is 2. The topological polar surface area (TPSA) is 47.5 Å². The van der Waals surface area contributed by atoms with E-state index >= 15 is 0 Å². The lowest BCUT2D eigenvalue weighted by atomic mass is 10.1. The Balaban J connectivity index is 1.86. The van der Waals surface area contributed by atoms with E-state index in [9.17, 15) is 0 Å². The highest BCUT2D eigenvalue weighted by Crippen LogP contribution is 2.26. The molecule has 0 unspecified atom stereocenters. The third-order valence-corrected chi connectivity index (χ3v) is 4.14. The molecule has 126 valence electrons. The van der Waals surface area contributed by atoms with Crippen LogP contribution >= 0.6 is 0 Å². The molecule has 0 radical (unpaired) electrons. The van der Waals surface area contributed by atoms with Crippen LogP contribution in [0, 0.1) is 6.92 Å². The highest BCUT2D eigenvalue weighted by Gasteiger charge is 2.14. The van der Waals surface area contributed by atoms with Gasteiger partial charge in [-0.25, -0.2) is 9.97 Å². The molecule has 2 heterocycles. The van der Waals surface area contributed by atoms with Crippen LogP contribution < -0.4 is 14.4 Å². The molecule has 1 aromatic heterocycles. The summed E-state index contributed by atoms with van der Waals surface area (Å²) in [5.74, 6) is 3.27. The molecule has 3 rings (SSSR count). The lowest BCUT2D eigenvalue weighted by Crippen LogP contribution is -2.19. The average Bonchev–Trinajstić information content (AvgIpc) is 3.14. The molecule has 1 saturated heterocycles. The molecule has 24 heavy (non-hydrogen) atoms. The zero-order valence-electron chi connectivity index (χ0n) is 14.5. The van der Waals surface area contributed by atoms with Crippen molar-refractivity contribution in [2.45, 2.75) is 19.8 Å². The van der Waals surface area contributed by atoms with Gasteiger partial charge in [0.15, 0.2) is 5.82 Å². The summed E-state index contributed by atoms with van der Waals surface area (Å²) >= 11 is 0. The Kier molecular flexibility index (Phi) is 4.99. The first kappa shape index (κ1) is 16.3. The number of hydrogen-bond acceptors (Lipinski definition) is 5. The smallest absolute Gasteiger partial charge is 0.154 e. The number of rotatable bonds is 5. The van der Waals surface area contributed by atoms with Crippen LogP contribution in [0.1, 0.15) is 29.9 Å². The Hall–Kier alpha value is -2.56. The fraction of sp³-hybridized carbons (Fsp3) is 0.368. The number of hydrogen-bond donors (Lipinski definition) is 0. The van der Waals surface area contributed by atoms with E-state index in [2.05, 4.69) is 20.9 Å². The number of ether oxygens (including phenoxy) is 2. The van der Waals surface area contributed by atoms with Crippen LogP contribution in [0.3, 0.4) is 0 Å². The van der Waals surface area contributed by atoms with Crippen molar-refractivity contribution < 1.29 is 9.47 Å². The first-order chi connectivity index (χ1) is 11.7. The van der Waals surface area contributed by atoms with Crippen LogP contribution in [0.5, 0.6) is 11.5 Å². The summed E-state index contributed by atoms with van der Waals surface area (Å²) in [6, 6.07) is 7.79. The van der Waals surface area contributed by atoms with Gasteiger partial charge < -0.3 is 14.4 Å². The standard InChI is InChI=1S/C19H23N3O2/c1-14-12-19(22-10-4-5-11-22)21-18(20-14)9-7-15-6-8-16(23-2)13-17(15)24-3/h6-9,12-13H,4-5,10-11H2,1-3H3. The summed E-state index contributed by atoms with van der Waals surface area (Å²) < 4.78 is 10.7. The van der Waals surface area contributed by atoms with E-state index in [0.717, 1.165) is 47.5 Å². The Labute approximate surface area is 143 Å². The normalized spacial score (nSPS) is 14.4. The van der Waals surface area contributed by atoms with E-state index in [1.54, 1.807) is 14.2 Å². The van der Waals surface area contributed by atoms with Crippen LogP contribution in [-0.4, -0.2) is 37.3 Å². The van der Waals surface area contributed by atoms with Crippen LogP contribution in [0.25, 0.3) is 12.2 Å². The van der Waals surface area contributed by atoms with Crippen molar-refractivity contribution in [3.8, 4) is 11.5 Å². The van der Waals surface area contributed by atoms with Crippen LogP contribution in [0.2, 0.25) is 0 Å². The summed E-state index contributed by atoms with van der Waals surface area (Å²) in [4.78, 5) is 11.5. The minimum absolute atomic E-state index is 0.717. The van der Waals surface area contributed by atoms with E-state index in [4.69, 9.17) is 9.47 Å². The van der Waals surface area contributed by atoms with Gasteiger partial charge in [0, 0.05) is 36.5 Å². The first-order valence-corrected chi connectivity index (χ1v) is 8.20. The molecule has 1 aromatic carbocycles. The van der Waals surface area contributed by atoms with Gasteiger partial charge in [-0.1, -0.05) is 0 Å². The summed E-state index contributed by atoms with van der Waals surface area (Å²) in [5.41, 5.74) is 1.94. The van der Waals surface area contributed by atoms with Crippen LogP contribution in [0.4, 0.5) is 5.82 Å². The Morgan fingerprint density at radius 3 is 2.50 bits per heavy atom.